The smallest absolute Gasteiger partial charge is 0.266 e. The zero-order chi connectivity index (χ0) is 32.0. The van der Waals surface area contributed by atoms with Gasteiger partial charge in [-0.05, 0) is 12.8 Å². The molecule has 7 nitrogen and oxygen atoms in total. The SMILES string of the molecule is CCCCCCCCCCCCCCCCCCC(O)C(=O)NC(CS(=O)(=O)O)C(O)CCCCCCCCCCCC. The lowest BCUT2D eigenvalue weighted by Gasteiger charge is -2.24. The van der Waals surface area contributed by atoms with E-state index in [0.717, 1.165) is 44.9 Å². The Bertz CT molecular complexity index is 717. The van der Waals surface area contributed by atoms with Crippen LogP contribution in [0, 0.1) is 0 Å². The molecule has 0 aromatic rings. The first kappa shape index (κ1) is 42.3. The topological polar surface area (TPSA) is 124 Å². The quantitative estimate of drug-likeness (QED) is 0.0422. The second-order valence-electron chi connectivity index (χ2n) is 13.0. The standard InChI is InChI=1S/C35H71NO6S/c1-3-5-7-9-11-13-15-16-17-18-19-20-22-24-26-28-30-34(38)35(39)36-32(31-43(40,41)42)33(37)29-27-25-23-21-14-12-10-8-6-4-2/h32-34,37-38H,3-31H2,1-2H3,(H,36,39)(H,40,41,42). The van der Waals surface area contributed by atoms with Gasteiger partial charge >= 0.3 is 0 Å². The van der Waals surface area contributed by atoms with Crippen LogP contribution in [0.5, 0.6) is 0 Å². The normalized spacial score (nSPS) is 14.1. The highest BCUT2D eigenvalue weighted by Crippen LogP contribution is 2.16. The van der Waals surface area contributed by atoms with Crippen molar-refractivity contribution in [1.82, 2.24) is 5.32 Å². The van der Waals surface area contributed by atoms with Crippen molar-refractivity contribution in [3.05, 3.63) is 0 Å². The second kappa shape index (κ2) is 30.0. The van der Waals surface area contributed by atoms with Gasteiger partial charge < -0.3 is 15.5 Å². The van der Waals surface area contributed by atoms with Gasteiger partial charge in [-0.3, -0.25) is 9.35 Å². The summed E-state index contributed by atoms with van der Waals surface area (Å²) in [4.78, 5) is 12.5. The number of hydrogen-bond donors (Lipinski definition) is 4. The fraction of sp³-hybridized carbons (Fsp3) is 0.971. The number of rotatable bonds is 33. The molecular weight excluding hydrogens is 562 g/mol. The van der Waals surface area contributed by atoms with E-state index >= 15 is 0 Å². The van der Waals surface area contributed by atoms with Gasteiger partial charge in [0.25, 0.3) is 10.1 Å². The molecule has 4 N–H and O–H groups in total. The summed E-state index contributed by atoms with van der Waals surface area (Å²) in [7, 11) is -4.39. The molecule has 0 spiro atoms. The van der Waals surface area contributed by atoms with Gasteiger partial charge in [-0.2, -0.15) is 8.42 Å². The number of aliphatic hydroxyl groups excluding tert-OH is 2. The molecule has 258 valence electrons. The Morgan fingerprint density at radius 2 is 0.837 bits per heavy atom. The highest BCUT2D eigenvalue weighted by atomic mass is 32.2. The van der Waals surface area contributed by atoms with Crippen LogP contribution in [-0.2, 0) is 14.9 Å². The van der Waals surface area contributed by atoms with Gasteiger partial charge in [-0.1, -0.05) is 181 Å². The minimum Gasteiger partial charge on any atom is -0.391 e. The highest BCUT2D eigenvalue weighted by molar-refractivity contribution is 7.85. The zero-order valence-corrected chi connectivity index (χ0v) is 29.0. The van der Waals surface area contributed by atoms with Crippen molar-refractivity contribution in [2.24, 2.45) is 0 Å². The van der Waals surface area contributed by atoms with Crippen molar-refractivity contribution in [2.45, 2.75) is 212 Å². The third-order valence-electron chi connectivity index (χ3n) is 8.67. The summed E-state index contributed by atoms with van der Waals surface area (Å²) < 4.78 is 32.4. The molecule has 0 saturated heterocycles. The number of carbonyl (C=O) groups is 1. The third-order valence-corrected chi connectivity index (χ3v) is 9.45. The lowest BCUT2D eigenvalue weighted by Crippen LogP contribution is -2.50. The Morgan fingerprint density at radius 1 is 0.535 bits per heavy atom. The number of hydrogen-bond acceptors (Lipinski definition) is 5. The van der Waals surface area contributed by atoms with Crippen LogP contribution in [0.25, 0.3) is 0 Å². The summed E-state index contributed by atoms with van der Waals surface area (Å²) in [5.74, 6) is -1.44. The summed E-state index contributed by atoms with van der Waals surface area (Å²) >= 11 is 0. The van der Waals surface area contributed by atoms with Crippen LogP contribution < -0.4 is 5.32 Å². The molecule has 0 aromatic heterocycles. The van der Waals surface area contributed by atoms with E-state index < -0.39 is 40.0 Å². The van der Waals surface area contributed by atoms with E-state index in [4.69, 9.17) is 0 Å². The number of amides is 1. The molecule has 0 rings (SSSR count). The Labute approximate surface area is 266 Å². The van der Waals surface area contributed by atoms with E-state index in [-0.39, 0.29) is 0 Å². The number of unbranched alkanes of at least 4 members (excludes halogenated alkanes) is 24. The van der Waals surface area contributed by atoms with Crippen molar-refractivity contribution in [3.8, 4) is 0 Å². The van der Waals surface area contributed by atoms with Gasteiger partial charge in [0.05, 0.1) is 17.9 Å². The Morgan fingerprint density at radius 3 is 1.16 bits per heavy atom. The molecule has 0 aromatic carbocycles. The van der Waals surface area contributed by atoms with Crippen molar-refractivity contribution in [3.63, 3.8) is 0 Å². The molecule has 0 aliphatic heterocycles. The van der Waals surface area contributed by atoms with E-state index in [2.05, 4.69) is 19.2 Å². The lowest BCUT2D eigenvalue weighted by molar-refractivity contribution is -0.131. The fourth-order valence-corrected chi connectivity index (χ4v) is 6.57. The molecule has 43 heavy (non-hydrogen) atoms. The molecule has 1 amide bonds. The van der Waals surface area contributed by atoms with Gasteiger partial charge in [0.15, 0.2) is 0 Å². The number of nitrogens with one attached hydrogen (secondary N) is 1. The predicted molar refractivity (Wildman–Crippen MR) is 181 cm³/mol. The zero-order valence-electron chi connectivity index (χ0n) is 28.2. The first-order valence-electron chi connectivity index (χ1n) is 18.3. The maximum Gasteiger partial charge on any atom is 0.266 e. The minimum absolute atomic E-state index is 0.303. The Kier molecular flexibility index (Phi) is 29.5. The van der Waals surface area contributed by atoms with Crippen LogP contribution in [-0.4, -0.2) is 53.1 Å². The summed E-state index contributed by atoms with van der Waals surface area (Å²) in [6.07, 6.45) is 29.8. The van der Waals surface area contributed by atoms with Gasteiger partial charge in [-0.15, -0.1) is 0 Å². The first-order chi connectivity index (χ1) is 20.7. The van der Waals surface area contributed by atoms with Crippen LogP contribution in [0.15, 0.2) is 0 Å². The summed E-state index contributed by atoms with van der Waals surface area (Å²) in [6.45, 7) is 4.47. The highest BCUT2D eigenvalue weighted by Gasteiger charge is 2.28. The van der Waals surface area contributed by atoms with Gasteiger partial charge in [0.1, 0.15) is 6.10 Å². The first-order valence-corrected chi connectivity index (χ1v) is 19.9. The van der Waals surface area contributed by atoms with Crippen molar-refractivity contribution in [2.75, 3.05) is 5.75 Å². The van der Waals surface area contributed by atoms with Crippen LogP contribution in [0.4, 0.5) is 0 Å². The maximum absolute atomic E-state index is 12.5. The average molecular weight is 634 g/mol. The largest absolute Gasteiger partial charge is 0.391 e. The molecule has 8 heteroatoms. The van der Waals surface area contributed by atoms with Gasteiger partial charge in [0.2, 0.25) is 5.91 Å². The minimum atomic E-state index is -4.39. The predicted octanol–water partition coefficient (Wildman–Crippen LogP) is 9.04. The van der Waals surface area contributed by atoms with Crippen molar-refractivity contribution < 1.29 is 28.0 Å². The van der Waals surface area contributed by atoms with Crippen molar-refractivity contribution >= 4 is 16.0 Å². The monoisotopic (exact) mass is 634 g/mol. The van der Waals surface area contributed by atoms with E-state index in [1.165, 1.54) is 122 Å². The Hall–Kier alpha value is -0.700. The van der Waals surface area contributed by atoms with E-state index in [0.29, 0.717) is 12.8 Å². The average Bonchev–Trinajstić information content (AvgIpc) is 2.96. The molecule has 0 aliphatic carbocycles. The molecule has 0 fully saturated rings. The van der Waals surface area contributed by atoms with Gasteiger partial charge in [-0.25, -0.2) is 0 Å². The molecule has 0 heterocycles. The Balaban J connectivity index is 3.99. The van der Waals surface area contributed by atoms with E-state index in [1.54, 1.807) is 0 Å². The molecule has 0 bridgehead atoms. The summed E-state index contributed by atoms with van der Waals surface area (Å²) in [5.41, 5.74) is 0. The molecule has 0 aliphatic rings. The second-order valence-corrected chi connectivity index (χ2v) is 14.5. The lowest BCUT2D eigenvalue weighted by atomic mass is 10.0. The fourth-order valence-electron chi connectivity index (χ4n) is 5.81. The van der Waals surface area contributed by atoms with E-state index in [9.17, 15) is 28.0 Å². The molecule has 3 atom stereocenters. The number of carbonyl (C=O) groups excluding carboxylic acids is 1. The molecular formula is C35H71NO6S. The molecule has 0 radical (unpaired) electrons. The summed E-state index contributed by atoms with van der Waals surface area (Å²) in [5, 5.41) is 23.4. The molecule has 0 saturated carbocycles. The van der Waals surface area contributed by atoms with Crippen LogP contribution in [0.2, 0.25) is 0 Å². The maximum atomic E-state index is 12.5. The van der Waals surface area contributed by atoms with Crippen LogP contribution in [0.1, 0.15) is 194 Å². The van der Waals surface area contributed by atoms with E-state index in [1.807, 2.05) is 0 Å². The summed E-state index contributed by atoms with van der Waals surface area (Å²) in [6, 6.07) is -1.14. The van der Waals surface area contributed by atoms with Gasteiger partial charge in [0, 0.05) is 0 Å². The number of aliphatic hydroxyl groups is 2. The van der Waals surface area contributed by atoms with Crippen LogP contribution >= 0.6 is 0 Å². The third kappa shape index (κ3) is 29.8. The molecule has 3 unspecified atom stereocenters. The van der Waals surface area contributed by atoms with Crippen molar-refractivity contribution in [1.29, 1.82) is 0 Å². The van der Waals surface area contributed by atoms with Crippen LogP contribution in [0.3, 0.4) is 0 Å².